The SMILES string of the molecule is COC(=O)c1cnc(CNS(=O)(=O)Cc2ccccc2)cn1. The molecule has 7 nitrogen and oxygen atoms in total. The van der Waals surface area contributed by atoms with E-state index in [-0.39, 0.29) is 18.0 Å². The number of carbonyl (C=O) groups is 1. The molecule has 0 spiro atoms. The highest BCUT2D eigenvalue weighted by atomic mass is 32.2. The molecule has 2 aromatic rings. The summed E-state index contributed by atoms with van der Waals surface area (Å²) in [6.45, 7) is 0.00359. The van der Waals surface area contributed by atoms with Crippen LogP contribution in [0, 0.1) is 0 Å². The predicted octanol–water partition coefficient (Wildman–Crippen LogP) is 0.883. The molecule has 0 bridgehead atoms. The number of hydrogen-bond donors (Lipinski definition) is 1. The minimum atomic E-state index is -3.47. The van der Waals surface area contributed by atoms with E-state index in [0.717, 1.165) is 0 Å². The summed E-state index contributed by atoms with van der Waals surface area (Å²) in [5, 5.41) is 0. The molecule has 1 aromatic carbocycles. The standard InChI is InChI=1S/C14H15N3O4S/c1-21-14(18)13-9-15-12(7-16-13)8-17-22(19,20)10-11-5-3-2-4-6-11/h2-7,9,17H,8,10H2,1H3. The lowest BCUT2D eigenvalue weighted by molar-refractivity contribution is 0.0593. The van der Waals surface area contributed by atoms with Crippen LogP contribution in [-0.4, -0.2) is 31.5 Å². The Morgan fingerprint density at radius 2 is 1.91 bits per heavy atom. The molecule has 0 radical (unpaired) electrons. The second-order valence-electron chi connectivity index (χ2n) is 4.45. The number of hydrogen-bond acceptors (Lipinski definition) is 6. The number of benzene rings is 1. The summed E-state index contributed by atoms with van der Waals surface area (Å²) >= 11 is 0. The molecular formula is C14H15N3O4S. The molecule has 0 saturated carbocycles. The van der Waals surface area contributed by atoms with E-state index in [1.165, 1.54) is 19.5 Å². The van der Waals surface area contributed by atoms with Gasteiger partial charge in [0.1, 0.15) is 0 Å². The van der Waals surface area contributed by atoms with E-state index < -0.39 is 16.0 Å². The number of aromatic nitrogens is 2. The van der Waals surface area contributed by atoms with Crippen molar-refractivity contribution in [3.8, 4) is 0 Å². The van der Waals surface area contributed by atoms with Crippen molar-refractivity contribution in [3.05, 3.63) is 59.7 Å². The molecular weight excluding hydrogens is 306 g/mol. The van der Waals surface area contributed by atoms with E-state index in [9.17, 15) is 13.2 Å². The largest absolute Gasteiger partial charge is 0.464 e. The van der Waals surface area contributed by atoms with Crippen LogP contribution < -0.4 is 4.72 Å². The van der Waals surface area contributed by atoms with Crippen LogP contribution in [0.4, 0.5) is 0 Å². The van der Waals surface area contributed by atoms with Crippen molar-refractivity contribution < 1.29 is 17.9 Å². The topological polar surface area (TPSA) is 98.2 Å². The van der Waals surface area contributed by atoms with Gasteiger partial charge in [-0.2, -0.15) is 0 Å². The van der Waals surface area contributed by atoms with Gasteiger partial charge in [-0.25, -0.2) is 22.9 Å². The quantitative estimate of drug-likeness (QED) is 0.793. The van der Waals surface area contributed by atoms with Crippen molar-refractivity contribution in [2.24, 2.45) is 0 Å². The lowest BCUT2D eigenvalue weighted by Gasteiger charge is -2.06. The second kappa shape index (κ2) is 7.10. The number of esters is 1. The van der Waals surface area contributed by atoms with Crippen LogP contribution >= 0.6 is 0 Å². The molecule has 1 heterocycles. The Bertz CT molecular complexity index is 730. The van der Waals surface area contributed by atoms with Gasteiger partial charge in [-0.15, -0.1) is 0 Å². The minimum Gasteiger partial charge on any atom is -0.464 e. The van der Waals surface area contributed by atoms with Crippen molar-refractivity contribution in [2.45, 2.75) is 12.3 Å². The van der Waals surface area contributed by atoms with Gasteiger partial charge < -0.3 is 4.74 Å². The molecule has 1 N–H and O–H groups in total. The van der Waals surface area contributed by atoms with Gasteiger partial charge in [0.05, 0.1) is 37.5 Å². The summed E-state index contributed by atoms with van der Waals surface area (Å²) < 4.78 is 30.9. The smallest absolute Gasteiger partial charge is 0.358 e. The molecule has 22 heavy (non-hydrogen) atoms. The first-order valence-corrected chi connectivity index (χ1v) is 8.06. The van der Waals surface area contributed by atoms with E-state index >= 15 is 0 Å². The van der Waals surface area contributed by atoms with Crippen LogP contribution in [0.5, 0.6) is 0 Å². The minimum absolute atomic E-state index is 0.00359. The highest BCUT2D eigenvalue weighted by Gasteiger charge is 2.12. The lowest BCUT2D eigenvalue weighted by atomic mass is 10.2. The maximum atomic E-state index is 12.0. The Kier molecular flexibility index (Phi) is 5.18. The number of methoxy groups -OCH3 is 1. The fraction of sp³-hybridized carbons (Fsp3) is 0.214. The molecule has 0 amide bonds. The Balaban J connectivity index is 1.95. The Morgan fingerprint density at radius 1 is 1.18 bits per heavy atom. The van der Waals surface area contributed by atoms with Gasteiger partial charge in [0.25, 0.3) is 0 Å². The van der Waals surface area contributed by atoms with Gasteiger partial charge in [-0.1, -0.05) is 30.3 Å². The van der Waals surface area contributed by atoms with Crippen LogP contribution in [0.1, 0.15) is 21.7 Å². The average Bonchev–Trinajstić information content (AvgIpc) is 2.53. The highest BCUT2D eigenvalue weighted by Crippen LogP contribution is 2.05. The lowest BCUT2D eigenvalue weighted by Crippen LogP contribution is -2.25. The molecule has 0 saturated heterocycles. The Labute approximate surface area is 128 Å². The number of ether oxygens (including phenoxy) is 1. The van der Waals surface area contributed by atoms with E-state index in [0.29, 0.717) is 11.3 Å². The van der Waals surface area contributed by atoms with Crippen molar-refractivity contribution in [2.75, 3.05) is 7.11 Å². The van der Waals surface area contributed by atoms with Gasteiger partial charge in [0.15, 0.2) is 5.69 Å². The van der Waals surface area contributed by atoms with Crippen molar-refractivity contribution in [1.82, 2.24) is 14.7 Å². The summed E-state index contributed by atoms with van der Waals surface area (Å²) in [5.41, 5.74) is 1.17. The molecule has 116 valence electrons. The fourth-order valence-corrected chi connectivity index (χ4v) is 2.79. The highest BCUT2D eigenvalue weighted by molar-refractivity contribution is 7.88. The van der Waals surface area contributed by atoms with Gasteiger partial charge in [-0.3, -0.25) is 4.98 Å². The second-order valence-corrected chi connectivity index (χ2v) is 6.26. The van der Waals surface area contributed by atoms with Gasteiger partial charge in [-0.05, 0) is 5.56 Å². The van der Waals surface area contributed by atoms with Gasteiger partial charge in [0.2, 0.25) is 10.0 Å². The predicted molar refractivity (Wildman–Crippen MR) is 79.3 cm³/mol. The number of carbonyl (C=O) groups excluding carboxylic acids is 1. The maximum Gasteiger partial charge on any atom is 0.358 e. The monoisotopic (exact) mass is 321 g/mol. The molecule has 0 atom stereocenters. The van der Waals surface area contributed by atoms with Crippen molar-refractivity contribution >= 4 is 16.0 Å². The summed E-state index contributed by atoms with van der Waals surface area (Å²) in [5.74, 6) is -0.703. The Hall–Kier alpha value is -2.32. The normalized spacial score (nSPS) is 11.1. The third-order valence-electron chi connectivity index (χ3n) is 2.77. The van der Waals surface area contributed by atoms with Crippen molar-refractivity contribution in [3.63, 3.8) is 0 Å². The van der Waals surface area contributed by atoms with Crippen molar-refractivity contribution in [1.29, 1.82) is 0 Å². The first kappa shape index (κ1) is 16.1. The summed E-state index contributed by atoms with van der Waals surface area (Å²) in [4.78, 5) is 19.0. The van der Waals surface area contributed by atoms with Crippen LogP contribution in [-0.2, 0) is 27.1 Å². The molecule has 0 aliphatic carbocycles. The summed E-state index contributed by atoms with van der Waals surface area (Å²) in [6.07, 6.45) is 2.57. The van der Waals surface area contributed by atoms with E-state index in [1.807, 2.05) is 6.07 Å². The Morgan fingerprint density at radius 3 is 2.50 bits per heavy atom. The van der Waals surface area contributed by atoms with E-state index in [2.05, 4.69) is 19.4 Å². The van der Waals surface area contributed by atoms with Crippen LogP contribution in [0.2, 0.25) is 0 Å². The number of nitrogens with zero attached hydrogens (tertiary/aromatic N) is 2. The zero-order chi connectivity index (χ0) is 16.0. The molecule has 0 aliphatic rings. The third-order valence-corrected chi connectivity index (χ3v) is 4.07. The number of rotatable bonds is 6. The molecule has 2 rings (SSSR count). The van der Waals surface area contributed by atoms with E-state index in [1.54, 1.807) is 24.3 Å². The first-order valence-electron chi connectivity index (χ1n) is 6.40. The summed E-state index contributed by atoms with van der Waals surface area (Å²) in [6, 6.07) is 8.86. The molecule has 0 aliphatic heterocycles. The first-order chi connectivity index (χ1) is 10.5. The molecule has 8 heteroatoms. The third kappa shape index (κ3) is 4.61. The van der Waals surface area contributed by atoms with Crippen LogP contribution in [0.15, 0.2) is 42.7 Å². The van der Waals surface area contributed by atoms with Gasteiger partial charge >= 0.3 is 5.97 Å². The number of sulfonamides is 1. The summed E-state index contributed by atoms with van der Waals surface area (Å²) in [7, 11) is -2.23. The van der Waals surface area contributed by atoms with Gasteiger partial charge in [0, 0.05) is 0 Å². The molecule has 1 aromatic heterocycles. The van der Waals surface area contributed by atoms with E-state index in [4.69, 9.17) is 0 Å². The zero-order valence-corrected chi connectivity index (χ0v) is 12.7. The maximum absolute atomic E-state index is 12.0. The zero-order valence-electron chi connectivity index (χ0n) is 11.9. The molecule has 0 fully saturated rings. The average molecular weight is 321 g/mol. The molecule has 0 unspecified atom stereocenters. The van der Waals surface area contributed by atoms with Crippen LogP contribution in [0.3, 0.4) is 0 Å². The number of nitrogens with one attached hydrogen (secondary N) is 1. The van der Waals surface area contributed by atoms with Crippen LogP contribution in [0.25, 0.3) is 0 Å². The fourth-order valence-electron chi connectivity index (χ4n) is 1.68.